The first-order chi connectivity index (χ1) is 10.2. The maximum atomic E-state index is 12.8. The average molecular weight is 308 g/mol. The second kappa shape index (κ2) is 6.66. The van der Waals surface area contributed by atoms with Gasteiger partial charge in [0.05, 0.1) is 6.10 Å². The van der Waals surface area contributed by atoms with Crippen LogP contribution in [-0.2, 0) is 4.74 Å². The van der Waals surface area contributed by atoms with Crippen LogP contribution in [0.1, 0.15) is 29.6 Å². The van der Waals surface area contributed by atoms with Gasteiger partial charge in [-0.05, 0) is 31.1 Å². The van der Waals surface area contributed by atoms with E-state index in [-0.39, 0.29) is 23.6 Å². The van der Waals surface area contributed by atoms with Crippen LogP contribution in [0.5, 0.6) is 0 Å². The molecule has 2 fully saturated rings. The van der Waals surface area contributed by atoms with E-state index in [9.17, 15) is 9.59 Å². The Morgan fingerprint density at radius 3 is 3.05 bits per heavy atom. The van der Waals surface area contributed by atoms with E-state index in [0.717, 1.165) is 37.4 Å². The second-order valence-corrected chi connectivity index (χ2v) is 6.70. The molecule has 1 aromatic rings. The van der Waals surface area contributed by atoms with Crippen molar-refractivity contribution in [3.05, 3.63) is 34.2 Å². The molecule has 0 radical (unpaired) electrons. The van der Waals surface area contributed by atoms with E-state index in [1.165, 1.54) is 12.3 Å². The number of nitrogens with zero attached hydrogens (tertiary/aromatic N) is 1. The zero-order chi connectivity index (χ0) is 14.7. The minimum absolute atomic E-state index is 0.0518. The molecule has 2 aliphatic heterocycles. The number of ether oxygens (including phenoxy) is 1. The van der Waals surface area contributed by atoms with Gasteiger partial charge in [0, 0.05) is 42.8 Å². The van der Waals surface area contributed by atoms with Gasteiger partial charge in [0.15, 0.2) is 0 Å². The molecule has 1 N–H and O–H groups in total. The predicted octanol–water partition coefficient (Wildman–Crippen LogP) is 1.50. The number of nitrogens with one attached hydrogen (secondary N) is 1. The fourth-order valence-electron chi connectivity index (χ4n) is 2.92. The van der Waals surface area contributed by atoms with Crippen molar-refractivity contribution in [3.8, 4) is 0 Å². The van der Waals surface area contributed by atoms with Crippen molar-refractivity contribution in [3.63, 3.8) is 0 Å². The van der Waals surface area contributed by atoms with Gasteiger partial charge < -0.3 is 14.6 Å². The molecule has 21 heavy (non-hydrogen) atoms. The van der Waals surface area contributed by atoms with Gasteiger partial charge in [-0.1, -0.05) is 0 Å². The van der Waals surface area contributed by atoms with Crippen LogP contribution in [0.4, 0.5) is 0 Å². The third-order valence-electron chi connectivity index (χ3n) is 4.05. The Morgan fingerprint density at radius 1 is 1.48 bits per heavy atom. The molecular formula is C15H20N2O3S. The highest BCUT2D eigenvalue weighted by atomic mass is 32.2. The molecule has 3 rings (SSSR count). The van der Waals surface area contributed by atoms with Crippen LogP contribution in [0.25, 0.3) is 0 Å². The number of hydrogen-bond acceptors (Lipinski definition) is 4. The first-order valence-electron chi connectivity index (χ1n) is 7.43. The molecular weight excluding hydrogens is 288 g/mol. The molecule has 1 aromatic heterocycles. The molecule has 1 amide bonds. The van der Waals surface area contributed by atoms with Gasteiger partial charge in [0.2, 0.25) is 5.56 Å². The van der Waals surface area contributed by atoms with E-state index in [4.69, 9.17) is 4.74 Å². The van der Waals surface area contributed by atoms with Crippen LogP contribution >= 0.6 is 11.8 Å². The molecule has 0 aliphatic carbocycles. The maximum Gasteiger partial charge on any atom is 0.254 e. The predicted molar refractivity (Wildman–Crippen MR) is 82.8 cm³/mol. The van der Waals surface area contributed by atoms with Crippen molar-refractivity contribution in [1.29, 1.82) is 0 Å². The maximum absolute atomic E-state index is 12.8. The van der Waals surface area contributed by atoms with Gasteiger partial charge in [-0.3, -0.25) is 9.59 Å². The SMILES string of the molecule is O=C(c1cc[nH]c(=O)c1)N(CC1CCCO1)C1CCSC1. The zero-order valence-corrected chi connectivity index (χ0v) is 12.7. The van der Waals surface area contributed by atoms with E-state index in [0.29, 0.717) is 12.1 Å². The molecule has 0 bridgehead atoms. The fraction of sp³-hybridized carbons (Fsp3) is 0.600. The van der Waals surface area contributed by atoms with E-state index in [2.05, 4.69) is 4.98 Å². The van der Waals surface area contributed by atoms with Crippen LogP contribution in [0.15, 0.2) is 23.1 Å². The van der Waals surface area contributed by atoms with Crippen LogP contribution in [0.2, 0.25) is 0 Å². The van der Waals surface area contributed by atoms with Gasteiger partial charge in [-0.25, -0.2) is 0 Å². The molecule has 0 saturated carbocycles. The topological polar surface area (TPSA) is 62.4 Å². The van der Waals surface area contributed by atoms with Crippen molar-refractivity contribution >= 4 is 17.7 Å². The lowest BCUT2D eigenvalue weighted by molar-refractivity contribution is 0.0441. The smallest absolute Gasteiger partial charge is 0.254 e. The summed E-state index contributed by atoms with van der Waals surface area (Å²) in [6, 6.07) is 3.31. The molecule has 114 valence electrons. The summed E-state index contributed by atoms with van der Waals surface area (Å²) >= 11 is 1.88. The summed E-state index contributed by atoms with van der Waals surface area (Å²) in [4.78, 5) is 28.7. The van der Waals surface area contributed by atoms with E-state index >= 15 is 0 Å². The Labute approximate surface area is 128 Å². The first-order valence-corrected chi connectivity index (χ1v) is 8.58. The molecule has 2 unspecified atom stereocenters. The Kier molecular flexibility index (Phi) is 4.65. The fourth-order valence-corrected chi connectivity index (χ4v) is 4.14. The van der Waals surface area contributed by atoms with Gasteiger partial charge in [-0.2, -0.15) is 11.8 Å². The van der Waals surface area contributed by atoms with Crippen LogP contribution in [0, 0.1) is 0 Å². The molecule has 2 saturated heterocycles. The van der Waals surface area contributed by atoms with E-state index in [1.54, 1.807) is 6.07 Å². The third kappa shape index (κ3) is 3.49. The summed E-state index contributed by atoms with van der Waals surface area (Å²) < 4.78 is 5.68. The largest absolute Gasteiger partial charge is 0.376 e. The molecule has 2 atom stereocenters. The minimum atomic E-state index is -0.237. The monoisotopic (exact) mass is 308 g/mol. The minimum Gasteiger partial charge on any atom is -0.376 e. The van der Waals surface area contributed by atoms with Crippen molar-refractivity contribution in [2.75, 3.05) is 24.7 Å². The van der Waals surface area contributed by atoms with Gasteiger partial charge >= 0.3 is 0 Å². The number of hydrogen-bond donors (Lipinski definition) is 1. The summed E-state index contributed by atoms with van der Waals surface area (Å²) in [6.45, 7) is 1.42. The van der Waals surface area contributed by atoms with Crippen LogP contribution in [0.3, 0.4) is 0 Å². The van der Waals surface area contributed by atoms with Crippen molar-refractivity contribution in [1.82, 2.24) is 9.88 Å². The molecule has 6 heteroatoms. The van der Waals surface area contributed by atoms with E-state index < -0.39 is 0 Å². The number of H-pyrrole nitrogens is 1. The highest BCUT2D eigenvalue weighted by Gasteiger charge is 2.31. The summed E-state index contributed by atoms with van der Waals surface area (Å²) in [5.74, 6) is 2.01. The molecule has 0 spiro atoms. The number of aromatic nitrogens is 1. The zero-order valence-electron chi connectivity index (χ0n) is 11.9. The number of thioether (sulfide) groups is 1. The highest BCUT2D eigenvalue weighted by Crippen LogP contribution is 2.25. The number of pyridine rings is 1. The first kappa shape index (κ1) is 14.7. The Hall–Kier alpha value is -1.27. The number of aromatic amines is 1. The van der Waals surface area contributed by atoms with Gasteiger partial charge in [-0.15, -0.1) is 0 Å². The van der Waals surface area contributed by atoms with Crippen molar-refractivity contribution in [2.24, 2.45) is 0 Å². The van der Waals surface area contributed by atoms with Gasteiger partial charge in [0.25, 0.3) is 5.91 Å². The number of carbonyl (C=O) groups excluding carboxylic acids is 1. The summed E-state index contributed by atoms with van der Waals surface area (Å²) in [7, 11) is 0. The lowest BCUT2D eigenvalue weighted by atomic mass is 10.1. The standard InChI is InChI=1S/C15H20N2O3S/c18-14-8-11(3-5-16-14)15(19)17(12-4-7-21-10-12)9-13-2-1-6-20-13/h3,5,8,12-13H,1-2,4,6-7,9-10H2,(H,16,18). The van der Waals surface area contributed by atoms with E-state index in [1.807, 2.05) is 16.7 Å². The van der Waals surface area contributed by atoms with Gasteiger partial charge in [0.1, 0.15) is 0 Å². The number of amides is 1. The number of carbonyl (C=O) groups is 1. The van der Waals surface area contributed by atoms with Crippen LogP contribution < -0.4 is 5.56 Å². The third-order valence-corrected chi connectivity index (χ3v) is 5.20. The summed E-state index contributed by atoms with van der Waals surface area (Å²) in [5.41, 5.74) is 0.229. The quantitative estimate of drug-likeness (QED) is 0.915. The Morgan fingerprint density at radius 2 is 2.38 bits per heavy atom. The lowest BCUT2D eigenvalue weighted by Crippen LogP contribution is -2.45. The molecule has 2 aliphatic rings. The normalized spacial score (nSPS) is 25.1. The lowest BCUT2D eigenvalue weighted by Gasteiger charge is -2.30. The van der Waals surface area contributed by atoms with Crippen molar-refractivity contribution in [2.45, 2.75) is 31.4 Å². The average Bonchev–Trinajstić information content (AvgIpc) is 3.17. The number of rotatable bonds is 4. The summed E-state index contributed by atoms with van der Waals surface area (Å²) in [5, 5.41) is 0. The molecule has 0 aromatic carbocycles. The second-order valence-electron chi connectivity index (χ2n) is 5.55. The Balaban J connectivity index is 1.79. The van der Waals surface area contributed by atoms with Crippen LogP contribution in [-0.4, -0.2) is 52.6 Å². The Bertz CT molecular complexity index is 548. The molecule has 5 nitrogen and oxygen atoms in total. The van der Waals surface area contributed by atoms with Crippen molar-refractivity contribution < 1.29 is 9.53 Å². The molecule has 3 heterocycles. The summed E-state index contributed by atoms with van der Waals surface area (Å²) in [6.07, 6.45) is 4.77. The highest BCUT2D eigenvalue weighted by molar-refractivity contribution is 7.99.